The van der Waals surface area contributed by atoms with E-state index in [0.29, 0.717) is 0 Å². The predicted molar refractivity (Wildman–Crippen MR) is 426 cm³/mol. The van der Waals surface area contributed by atoms with Crippen LogP contribution in [-0.4, -0.2) is 22.6 Å². The van der Waals surface area contributed by atoms with Gasteiger partial charge in [0.25, 0.3) is 13.4 Å². The Hall–Kier alpha value is -9.25. The lowest BCUT2D eigenvalue weighted by Gasteiger charge is -2.45. The van der Waals surface area contributed by atoms with Gasteiger partial charge < -0.3 is 18.9 Å². The second-order valence-electron chi connectivity index (χ2n) is 35.7. The zero-order chi connectivity index (χ0) is 68.7. The molecule has 2 aromatic heterocycles. The van der Waals surface area contributed by atoms with Crippen LogP contribution in [0.25, 0.3) is 77.2 Å². The highest BCUT2D eigenvalue weighted by Crippen LogP contribution is 2.50. The molecule has 11 aromatic carbocycles. The zero-order valence-electron chi connectivity index (χ0n) is 61.4. The smallest absolute Gasteiger partial charge is 0.252 e. The second kappa shape index (κ2) is 20.7. The Balaban J connectivity index is 1.07. The van der Waals surface area contributed by atoms with E-state index in [2.05, 4.69) is 352 Å². The number of benzene rings is 11. The summed E-state index contributed by atoms with van der Waals surface area (Å²) < 4.78 is 5.38. The number of aromatic nitrogens is 2. The van der Waals surface area contributed by atoms with E-state index in [1.807, 2.05) is 0 Å². The second-order valence-corrected chi connectivity index (χ2v) is 35.7. The summed E-state index contributed by atoms with van der Waals surface area (Å²) in [5.74, 6) is 0. The first-order valence-corrected chi connectivity index (χ1v) is 36.0. The van der Waals surface area contributed by atoms with Crippen LogP contribution in [0.5, 0.6) is 0 Å². The topological polar surface area (TPSA) is 16.3 Å². The molecule has 4 aliphatic rings. The standard InChI is InChI=1S/C92H92B2N4/c1-53-21-25-55(26-22-53)57-41-79-83-81(43-57)97-75-39-33-61(89(9,10)11)45-67(75)69-47-63(91(15,16)17)49-73(85(69)97)93(83)71-51-72-78(52-77(71)95(79)65-35-29-59(30-36-65)87(3,4)5)96(66-37-31-60(32-38-66)88(6,7)8)80-42-58(56-27-23-54(2)24-28-56)44-82-84(80)94(72)74-50-64(92(18,19)20)48-70-68-46-62(90(12,13)14)34-40-76(68)98(82)86(70)74/h21-52H,1-20H3. The number of rotatable bonds is 4. The van der Waals surface area contributed by atoms with Crippen LogP contribution >= 0.6 is 0 Å². The normalized spacial score (nSPS) is 14.2. The molecule has 0 bridgehead atoms. The summed E-state index contributed by atoms with van der Waals surface area (Å²) >= 11 is 0. The highest BCUT2D eigenvalue weighted by molar-refractivity contribution is 7.03. The van der Waals surface area contributed by atoms with E-state index in [-0.39, 0.29) is 45.9 Å². The maximum absolute atomic E-state index is 2.76. The first-order chi connectivity index (χ1) is 46.2. The van der Waals surface area contributed by atoms with Gasteiger partial charge in [-0.1, -0.05) is 239 Å². The van der Waals surface area contributed by atoms with Gasteiger partial charge in [-0.25, -0.2) is 0 Å². The van der Waals surface area contributed by atoms with Crippen molar-refractivity contribution in [2.24, 2.45) is 0 Å². The third-order valence-electron chi connectivity index (χ3n) is 22.7. The van der Waals surface area contributed by atoms with Gasteiger partial charge in [-0.3, -0.25) is 0 Å². The fourth-order valence-electron chi connectivity index (χ4n) is 17.0. The molecule has 0 aliphatic carbocycles. The minimum Gasteiger partial charge on any atom is -0.311 e. The summed E-state index contributed by atoms with van der Waals surface area (Å²) in [6.45, 7) is 46.7. The van der Waals surface area contributed by atoms with Crippen LogP contribution in [0.2, 0.25) is 0 Å². The molecule has 0 fully saturated rings. The molecule has 4 nitrogen and oxygen atoms in total. The molecule has 6 heterocycles. The summed E-state index contributed by atoms with van der Waals surface area (Å²) in [6.07, 6.45) is 0. The van der Waals surface area contributed by atoms with E-state index in [1.54, 1.807) is 0 Å². The lowest BCUT2D eigenvalue weighted by Crippen LogP contribution is -2.64. The molecule has 0 saturated heterocycles. The molecule has 6 heteroatoms. The molecular formula is C92H92B2N4. The van der Waals surface area contributed by atoms with E-state index in [1.165, 1.54) is 177 Å². The number of nitrogens with zero attached hydrogens (tertiary/aromatic N) is 4. The Morgan fingerprint density at radius 3 is 0.898 bits per heavy atom. The molecule has 0 N–H and O–H groups in total. The molecule has 17 rings (SSSR count). The van der Waals surface area contributed by atoms with Gasteiger partial charge in [-0.05, 0) is 226 Å². The van der Waals surface area contributed by atoms with Gasteiger partial charge in [-0.2, -0.15) is 0 Å². The Bertz CT molecular complexity index is 5210. The van der Waals surface area contributed by atoms with Gasteiger partial charge in [-0.15, -0.1) is 0 Å². The van der Waals surface area contributed by atoms with E-state index in [0.717, 1.165) is 11.4 Å². The highest BCUT2D eigenvalue weighted by Gasteiger charge is 2.49. The molecule has 0 atom stereocenters. The summed E-state index contributed by atoms with van der Waals surface area (Å²) in [4.78, 5) is 5.37. The van der Waals surface area contributed by atoms with Gasteiger partial charge in [0.1, 0.15) is 0 Å². The summed E-state index contributed by atoms with van der Waals surface area (Å²) in [7, 11) is 0. The SMILES string of the molecule is Cc1ccc(-c2cc3c4c(c2)-n2c5ccc(C(C)(C)C)cc5c5cc(C(C)(C)C)cc(c52)B4c2cc4c(cc2N3c2ccc(C(C)(C)C)cc2)N(c2ccc(C(C)(C)C)cc2)c2cc(-c3ccc(C)cc3)cc3c2B4c2cc(C(C)(C)C)cc4c5cc(C(C)(C)C)ccc5n-3c24)cc1. The average Bonchev–Trinajstić information content (AvgIpc) is 1.47. The largest absolute Gasteiger partial charge is 0.311 e. The van der Waals surface area contributed by atoms with Crippen molar-refractivity contribution in [3.8, 4) is 33.6 Å². The van der Waals surface area contributed by atoms with Crippen LogP contribution in [0.15, 0.2) is 194 Å². The van der Waals surface area contributed by atoms with Crippen molar-refractivity contribution >= 4 is 124 Å². The Morgan fingerprint density at radius 2 is 0.561 bits per heavy atom. The van der Waals surface area contributed by atoms with Crippen LogP contribution in [0.3, 0.4) is 0 Å². The van der Waals surface area contributed by atoms with Gasteiger partial charge >= 0.3 is 0 Å². The molecule has 0 saturated carbocycles. The first-order valence-electron chi connectivity index (χ1n) is 36.0. The van der Waals surface area contributed by atoms with Crippen LogP contribution in [0, 0.1) is 13.8 Å². The van der Waals surface area contributed by atoms with Gasteiger partial charge in [0.05, 0.1) is 11.0 Å². The number of hydrogen-bond donors (Lipinski definition) is 0. The quantitative estimate of drug-likeness (QED) is 0.163. The summed E-state index contributed by atoms with van der Waals surface area (Å²) in [5, 5.41) is 5.27. The molecule has 0 unspecified atom stereocenters. The fraction of sp³-hybridized carbons (Fsp3) is 0.283. The van der Waals surface area contributed by atoms with Gasteiger partial charge in [0, 0.05) is 78.1 Å². The van der Waals surface area contributed by atoms with Crippen molar-refractivity contribution < 1.29 is 0 Å². The third kappa shape index (κ3) is 9.38. The number of anilines is 6. The monoisotopic (exact) mass is 1270 g/mol. The van der Waals surface area contributed by atoms with E-state index in [4.69, 9.17) is 0 Å². The average molecular weight is 1280 g/mol. The first kappa shape index (κ1) is 62.3. The number of hydrogen-bond acceptors (Lipinski definition) is 2. The maximum atomic E-state index is 2.76. The maximum Gasteiger partial charge on any atom is 0.252 e. The fourth-order valence-corrected chi connectivity index (χ4v) is 17.0. The van der Waals surface area contributed by atoms with Crippen molar-refractivity contribution in [1.29, 1.82) is 0 Å². The Kier molecular flexibility index (Phi) is 13.1. The molecule has 0 spiro atoms. The molecule has 0 amide bonds. The van der Waals surface area contributed by atoms with Gasteiger partial charge in [0.2, 0.25) is 0 Å². The van der Waals surface area contributed by atoms with E-state index >= 15 is 0 Å². The molecule has 0 radical (unpaired) electrons. The van der Waals surface area contributed by atoms with E-state index in [9.17, 15) is 0 Å². The van der Waals surface area contributed by atoms with Crippen LogP contribution in [-0.2, 0) is 32.5 Å². The molecule has 4 aliphatic heterocycles. The van der Waals surface area contributed by atoms with Crippen molar-refractivity contribution in [3.63, 3.8) is 0 Å². The van der Waals surface area contributed by atoms with E-state index < -0.39 is 0 Å². The molecule has 98 heavy (non-hydrogen) atoms. The minimum atomic E-state index is -0.147. The lowest BCUT2D eigenvalue weighted by atomic mass is 9.30. The number of aryl methyl sites for hydroxylation is 2. The molecular weight excluding hydrogens is 1180 g/mol. The number of fused-ring (bicyclic) bond motifs is 14. The van der Waals surface area contributed by atoms with Crippen molar-refractivity contribution in [2.75, 3.05) is 9.80 Å². The Morgan fingerprint density at radius 1 is 0.245 bits per heavy atom. The highest BCUT2D eigenvalue weighted by atomic mass is 15.2. The van der Waals surface area contributed by atoms with Crippen LogP contribution in [0.4, 0.5) is 34.1 Å². The van der Waals surface area contributed by atoms with Gasteiger partial charge in [0.15, 0.2) is 0 Å². The summed E-state index contributed by atoms with van der Waals surface area (Å²) in [5.41, 5.74) is 37.6. The van der Waals surface area contributed by atoms with Crippen molar-refractivity contribution in [3.05, 3.63) is 239 Å². The molecule has 486 valence electrons. The van der Waals surface area contributed by atoms with Crippen molar-refractivity contribution in [2.45, 2.75) is 171 Å². The third-order valence-corrected chi connectivity index (χ3v) is 22.7. The van der Waals surface area contributed by atoms with Crippen LogP contribution in [0.1, 0.15) is 169 Å². The Labute approximate surface area is 582 Å². The molecule has 13 aromatic rings. The van der Waals surface area contributed by atoms with Crippen LogP contribution < -0.4 is 42.6 Å². The predicted octanol–water partition coefficient (Wildman–Crippen LogP) is 20.8. The minimum absolute atomic E-state index is 0.0434. The lowest BCUT2D eigenvalue weighted by molar-refractivity contribution is 0.590. The zero-order valence-corrected chi connectivity index (χ0v) is 61.4. The summed E-state index contributed by atoms with van der Waals surface area (Å²) in [6, 6.07) is 78.4. The van der Waals surface area contributed by atoms with Crippen molar-refractivity contribution in [1.82, 2.24) is 9.13 Å².